The van der Waals surface area contributed by atoms with Crippen LogP contribution in [0.3, 0.4) is 0 Å². The Balaban J connectivity index is 1.76. The fraction of sp³-hybridized carbons (Fsp3) is 0.176. The van der Waals surface area contributed by atoms with Gasteiger partial charge in [-0.05, 0) is 37.3 Å². The maximum atomic E-state index is 13.1. The summed E-state index contributed by atoms with van der Waals surface area (Å²) in [6, 6.07) is 9.06. The Labute approximate surface area is 143 Å². The van der Waals surface area contributed by atoms with Crippen LogP contribution in [0.15, 0.2) is 42.6 Å². The van der Waals surface area contributed by atoms with Crippen LogP contribution in [0.2, 0.25) is 0 Å². The molecule has 2 aromatic heterocycles. The molecule has 0 aliphatic rings. The molecular weight excluding hydrogens is 327 g/mol. The number of hydrogen-bond donors (Lipinski definition) is 0. The molecule has 0 bridgehead atoms. The molecule has 0 unspecified atom stereocenters. The third-order valence-corrected chi connectivity index (χ3v) is 3.54. The molecule has 25 heavy (non-hydrogen) atoms. The summed E-state index contributed by atoms with van der Waals surface area (Å²) < 4.78 is 24.9. The molecule has 0 amide bonds. The summed E-state index contributed by atoms with van der Waals surface area (Å²) in [5, 5.41) is 8.09. The predicted molar refractivity (Wildman–Crippen MR) is 86.0 cm³/mol. The van der Waals surface area contributed by atoms with E-state index < -0.39 is 5.97 Å². The molecule has 0 saturated heterocycles. The monoisotopic (exact) mass is 342 g/mol. The van der Waals surface area contributed by atoms with Crippen LogP contribution in [0.5, 0.6) is 5.88 Å². The van der Waals surface area contributed by atoms with Gasteiger partial charge in [-0.25, -0.2) is 18.9 Å². The number of rotatable bonds is 5. The lowest BCUT2D eigenvalue weighted by Crippen LogP contribution is -2.08. The maximum Gasteiger partial charge on any atom is 0.339 e. The Morgan fingerprint density at radius 1 is 1.20 bits per heavy atom. The summed E-state index contributed by atoms with van der Waals surface area (Å²) in [6.45, 7) is 1.97. The number of aryl methyl sites for hydroxylation is 1. The molecule has 8 heteroatoms. The molecule has 0 spiro atoms. The Morgan fingerprint density at radius 3 is 2.60 bits per heavy atom. The number of benzene rings is 1. The van der Waals surface area contributed by atoms with Crippen molar-refractivity contribution in [1.82, 2.24) is 20.0 Å². The molecule has 0 atom stereocenters. The minimum absolute atomic E-state index is 0.167. The molecule has 0 fully saturated rings. The second kappa shape index (κ2) is 7.08. The summed E-state index contributed by atoms with van der Waals surface area (Å²) in [4.78, 5) is 15.5. The zero-order chi connectivity index (χ0) is 17.8. The number of aromatic nitrogens is 4. The SMILES string of the molecule is COC(=O)c1ccc(OCc2c(C)nnn2-c2ccc(F)cc2)nc1. The molecular formula is C17H15FN4O3. The minimum atomic E-state index is -0.464. The van der Waals surface area contributed by atoms with Crippen molar-refractivity contribution in [3.63, 3.8) is 0 Å². The highest BCUT2D eigenvalue weighted by Gasteiger charge is 2.13. The van der Waals surface area contributed by atoms with Crippen molar-refractivity contribution < 1.29 is 18.7 Å². The second-order valence-electron chi connectivity index (χ2n) is 5.18. The fourth-order valence-electron chi connectivity index (χ4n) is 2.18. The molecule has 0 aliphatic heterocycles. The van der Waals surface area contributed by atoms with Crippen LogP contribution in [0, 0.1) is 12.7 Å². The number of hydrogen-bond acceptors (Lipinski definition) is 6. The lowest BCUT2D eigenvalue weighted by Gasteiger charge is -2.09. The largest absolute Gasteiger partial charge is 0.471 e. The zero-order valence-electron chi connectivity index (χ0n) is 13.6. The number of nitrogens with zero attached hydrogens (tertiary/aromatic N) is 4. The van der Waals surface area contributed by atoms with E-state index in [9.17, 15) is 9.18 Å². The van der Waals surface area contributed by atoms with Gasteiger partial charge in [0.05, 0.1) is 24.1 Å². The molecule has 7 nitrogen and oxygen atoms in total. The Hall–Kier alpha value is -3.29. The van der Waals surface area contributed by atoms with E-state index in [-0.39, 0.29) is 12.4 Å². The molecule has 0 aliphatic carbocycles. The van der Waals surface area contributed by atoms with Gasteiger partial charge in [-0.3, -0.25) is 0 Å². The number of halogens is 1. The summed E-state index contributed by atoms with van der Waals surface area (Å²) in [7, 11) is 1.30. The predicted octanol–water partition coefficient (Wildman–Crippen LogP) is 2.48. The van der Waals surface area contributed by atoms with Gasteiger partial charge in [0.15, 0.2) is 0 Å². The van der Waals surface area contributed by atoms with Gasteiger partial charge in [0, 0.05) is 12.3 Å². The van der Waals surface area contributed by atoms with E-state index >= 15 is 0 Å². The third kappa shape index (κ3) is 3.63. The van der Waals surface area contributed by atoms with Gasteiger partial charge in [-0.15, -0.1) is 5.10 Å². The van der Waals surface area contributed by atoms with E-state index in [0.717, 1.165) is 0 Å². The standard InChI is InChI=1S/C17H15FN4O3/c1-11-15(22(21-20-11)14-6-4-13(18)5-7-14)10-25-16-8-3-12(9-19-16)17(23)24-2/h3-9H,10H2,1-2H3. The van der Waals surface area contributed by atoms with Crippen molar-refractivity contribution in [2.75, 3.05) is 7.11 Å². The van der Waals surface area contributed by atoms with Gasteiger partial charge in [-0.1, -0.05) is 5.21 Å². The third-order valence-electron chi connectivity index (χ3n) is 3.54. The smallest absolute Gasteiger partial charge is 0.339 e. The highest BCUT2D eigenvalue weighted by molar-refractivity contribution is 5.88. The molecule has 2 heterocycles. The lowest BCUT2D eigenvalue weighted by atomic mass is 10.3. The van der Waals surface area contributed by atoms with E-state index in [1.165, 1.54) is 25.4 Å². The summed E-state index contributed by atoms with van der Waals surface area (Å²) >= 11 is 0. The van der Waals surface area contributed by atoms with Crippen molar-refractivity contribution in [2.45, 2.75) is 13.5 Å². The quantitative estimate of drug-likeness (QED) is 0.663. The molecule has 1 aromatic carbocycles. The first-order chi connectivity index (χ1) is 12.1. The van der Waals surface area contributed by atoms with Crippen LogP contribution in [-0.2, 0) is 11.3 Å². The zero-order valence-corrected chi connectivity index (χ0v) is 13.6. The van der Waals surface area contributed by atoms with E-state index in [0.29, 0.717) is 28.5 Å². The van der Waals surface area contributed by atoms with Crippen LogP contribution in [0.1, 0.15) is 21.7 Å². The van der Waals surface area contributed by atoms with Crippen LogP contribution in [-0.4, -0.2) is 33.1 Å². The Morgan fingerprint density at radius 2 is 1.96 bits per heavy atom. The van der Waals surface area contributed by atoms with Crippen molar-refractivity contribution in [3.8, 4) is 11.6 Å². The number of carbonyl (C=O) groups excluding carboxylic acids is 1. The number of carbonyl (C=O) groups is 1. The fourth-order valence-corrected chi connectivity index (χ4v) is 2.18. The first-order valence-electron chi connectivity index (χ1n) is 7.43. The first-order valence-corrected chi connectivity index (χ1v) is 7.43. The molecule has 0 radical (unpaired) electrons. The highest BCUT2D eigenvalue weighted by Crippen LogP contribution is 2.16. The molecule has 0 saturated carbocycles. The lowest BCUT2D eigenvalue weighted by molar-refractivity contribution is 0.0600. The van der Waals surface area contributed by atoms with Crippen molar-refractivity contribution >= 4 is 5.97 Å². The summed E-state index contributed by atoms with van der Waals surface area (Å²) in [5.74, 6) is -0.444. The van der Waals surface area contributed by atoms with Gasteiger partial charge < -0.3 is 9.47 Å². The van der Waals surface area contributed by atoms with Crippen LogP contribution >= 0.6 is 0 Å². The van der Waals surface area contributed by atoms with Gasteiger partial charge >= 0.3 is 5.97 Å². The molecule has 128 valence electrons. The van der Waals surface area contributed by atoms with E-state index in [1.807, 2.05) is 0 Å². The average molecular weight is 342 g/mol. The van der Waals surface area contributed by atoms with Gasteiger partial charge in [-0.2, -0.15) is 0 Å². The van der Waals surface area contributed by atoms with Gasteiger partial charge in [0.1, 0.15) is 18.1 Å². The van der Waals surface area contributed by atoms with Crippen molar-refractivity contribution in [1.29, 1.82) is 0 Å². The van der Waals surface area contributed by atoms with Gasteiger partial charge in [0.25, 0.3) is 0 Å². The Kier molecular flexibility index (Phi) is 4.69. The molecule has 3 rings (SSSR count). The van der Waals surface area contributed by atoms with E-state index in [2.05, 4.69) is 20.0 Å². The summed E-state index contributed by atoms with van der Waals surface area (Å²) in [6.07, 6.45) is 1.38. The number of esters is 1. The minimum Gasteiger partial charge on any atom is -0.471 e. The van der Waals surface area contributed by atoms with Crippen molar-refractivity contribution in [2.24, 2.45) is 0 Å². The van der Waals surface area contributed by atoms with Crippen LogP contribution in [0.25, 0.3) is 5.69 Å². The van der Waals surface area contributed by atoms with E-state index in [1.54, 1.807) is 35.9 Å². The number of methoxy groups -OCH3 is 1. The first kappa shape index (κ1) is 16.6. The second-order valence-corrected chi connectivity index (χ2v) is 5.18. The highest BCUT2D eigenvalue weighted by atomic mass is 19.1. The normalized spacial score (nSPS) is 10.5. The molecule has 3 aromatic rings. The van der Waals surface area contributed by atoms with Crippen LogP contribution < -0.4 is 4.74 Å². The van der Waals surface area contributed by atoms with Crippen molar-refractivity contribution in [3.05, 3.63) is 65.4 Å². The molecule has 0 N–H and O–H groups in total. The summed E-state index contributed by atoms with van der Waals surface area (Å²) in [5.41, 5.74) is 2.42. The van der Waals surface area contributed by atoms with Crippen LogP contribution in [0.4, 0.5) is 4.39 Å². The topological polar surface area (TPSA) is 79.1 Å². The average Bonchev–Trinajstić information content (AvgIpc) is 3.01. The Bertz CT molecular complexity index is 876. The van der Waals surface area contributed by atoms with Gasteiger partial charge in [0.2, 0.25) is 5.88 Å². The maximum absolute atomic E-state index is 13.1. The van der Waals surface area contributed by atoms with E-state index in [4.69, 9.17) is 4.74 Å². The number of pyridine rings is 1. The number of ether oxygens (including phenoxy) is 2.